The van der Waals surface area contributed by atoms with Crippen molar-refractivity contribution in [3.8, 4) is 11.4 Å². The minimum absolute atomic E-state index is 0.152. The van der Waals surface area contributed by atoms with Gasteiger partial charge in [0.25, 0.3) is 5.82 Å². The highest BCUT2D eigenvalue weighted by Crippen LogP contribution is 2.30. The van der Waals surface area contributed by atoms with Gasteiger partial charge in [-0.05, 0) is 60.0 Å². The van der Waals surface area contributed by atoms with E-state index in [9.17, 15) is 13.2 Å². The van der Waals surface area contributed by atoms with Gasteiger partial charge in [-0.25, -0.2) is 0 Å². The Morgan fingerprint density at radius 1 is 1.18 bits per heavy atom. The lowest BCUT2D eigenvalue weighted by atomic mass is 9.92. The van der Waals surface area contributed by atoms with Crippen LogP contribution >= 0.6 is 0 Å². The minimum atomic E-state index is -4.66. The normalized spacial score (nSPS) is 18.9. The molecule has 0 aliphatic carbocycles. The van der Waals surface area contributed by atoms with E-state index in [0.717, 1.165) is 31.4 Å². The summed E-state index contributed by atoms with van der Waals surface area (Å²) in [4.78, 5) is 0. The molecular weight excluding hydrogens is 433 g/mol. The molecule has 1 aliphatic heterocycles. The summed E-state index contributed by atoms with van der Waals surface area (Å²) in [5.74, 6) is -0.529. The number of halogens is 3. The first kappa shape index (κ1) is 23.2. The summed E-state index contributed by atoms with van der Waals surface area (Å²) >= 11 is 0. The molecule has 2 aromatic carbocycles. The van der Waals surface area contributed by atoms with Crippen molar-refractivity contribution >= 4 is 0 Å². The SMILES string of the molecule is CCCOc1ccc(-n2nnnc2C(F)(F)F)cc1CNC1CCCNC1c1ccccc1. The molecule has 2 atom stereocenters. The summed E-state index contributed by atoms with van der Waals surface area (Å²) in [5, 5.41) is 17.1. The number of nitrogens with zero attached hydrogens (tertiary/aromatic N) is 4. The fourth-order valence-electron chi connectivity index (χ4n) is 4.09. The summed E-state index contributed by atoms with van der Waals surface area (Å²) in [6.45, 7) is 3.90. The molecule has 0 saturated carbocycles. The van der Waals surface area contributed by atoms with Gasteiger partial charge in [-0.1, -0.05) is 37.3 Å². The molecular formula is C23H27F3N6O. The van der Waals surface area contributed by atoms with Crippen molar-refractivity contribution in [3.05, 3.63) is 65.5 Å². The van der Waals surface area contributed by atoms with E-state index < -0.39 is 12.0 Å². The van der Waals surface area contributed by atoms with Crippen molar-refractivity contribution in [3.63, 3.8) is 0 Å². The van der Waals surface area contributed by atoms with Gasteiger partial charge < -0.3 is 15.4 Å². The van der Waals surface area contributed by atoms with E-state index in [1.807, 2.05) is 25.1 Å². The van der Waals surface area contributed by atoms with Crippen LogP contribution in [0.1, 0.15) is 49.2 Å². The van der Waals surface area contributed by atoms with Gasteiger partial charge in [0.15, 0.2) is 0 Å². The molecule has 1 fully saturated rings. The lowest BCUT2D eigenvalue weighted by molar-refractivity contribution is -0.146. The monoisotopic (exact) mass is 460 g/mol. The number of ether oxygens (including phenoxy) is 1. The Hall–Kier alpha value is -2.98. The average Bonchev–Trinajstić information content (AvgIpc) is 3.33. The van der Waals surface area contributed by atoms with Crippen LogP contribution in [0.3, 0.4) is 0 Å². The Bertz CT molecular complexity index is 1040. The van der Waals surface area contributed by atoms with Gasteiger partial charge in [-0.15, -0.1) is 5.10 Å². The number of hydrogen-bond donors (Lipinski definition) is 2. The Kier molecular flexibility index (Phi) is 7.24. The van der Waals surface area contributed by atoms with Gasteiger partial charge in [0.1, 0.15) is 5.75 Å². The van der Waals surface area contributed by atoms with Crippen LogP contribution in [0.15, 0.2) is 48.5 Å². The molecule has 0 bridgehead atoms. The van der Waals surface area contributed by atoms with Gasteiger partial charge in [0, 0.05) is 24.2 Å². The molecule has 7 nitrogen and oxygen atoms in total. The van der Waals surface area contributed by atoms with Gasteiger partial charge in [-0.3, -0.25) is 0 Å². The van der Waals surface area contributed by atoms with Gasteiger partial charge in [-0.2, -0.15) is 17.9 Å². The van der Waals surface area contributed by atoms with Crippen LogP contribution in [0.25, 0.3) is 5.69 Å². The average molecular weight is 461 g/mol. The summed E-state index contributed by atoms with van der Waals surface area (Å²) in [7, 11) is 0. The molecule has 2 heterocycles. The van der Waals surface area contributed by atoms with Crippen LogP contribution in [-0.2, 0) is 12.7 Å². The highest BCUT2D eigenvalue weighted by Gasteiger charge is 2.38. The summed E-state index contributed by atoms with van der Waals surface area (Å²) in [6.07, 6.45) is -1.80. The quantitative estimate of drug-likeness (QED) is 0.528. The fraction of sp³-hybridized carbons (Fsp3) is 0.435. The molecule has 2 N–H and O–H groups in total. The lowest BCUT2D eigenvalue weighted by Crippen LogP contribution is -2.45. The topological polar surface area (TPSA) is 76.9 Å². The summed E-state index contributed by atoms with van der Waals surface area (Å²) < 4.78 is 46.5. The molecule has 176 valence electrons. The first-order valence-electron chi connectivity index (χ1n) is 11.1. The van der Waals surface area contributed by atoms with Crippen molar-refractivity contribution in [2.45, 2.75) is 51.0 Å². The number of tetrazole rings is 1. The standard InChI is InChI=1S/C23H27F3N6O/c1-2-13-33-20-11-10-18(32-22(23(24,25)26)29-30-31-32)14-17(20)15-28-19-9-6-12-27-21(19)16-7-4-3-5-8-16/h3-5,7-8,10-11,14,19,21,27-28H,2,6,9,12-13,15H2,1H3. The second-order valence-corrected chi connectivity index (χ2v) is 8.02. The molecule has 3 aromatic rings. The van der Waals surface area contributed by atoms with Crippen molar-refractivity contribution in [2.24, 2.45) is 0 Å². The Labute approximate surface area is 190 Å². The molecule has 2 unspecified atom stereocenters. The molecule has 10 heteroatoms. The van der Waals surface area contributed by atoms with Crippen LogP contribution < -0.4 is 15.4 Å². The molecule has 1 saturated heterocycles. The van der Waals surface area contributed by atoms with Crippen LogP contribution in [-0.4, -0.2) is 39.4 Å². The maximum atomic E-state index is 13.3. The predicted octanol–water partition coefficient (Wildman–Crippen LogP) is 4.05. The highest BCUT2D eigenvalue weighted by atomic mass is 19.4. The lowest BCUT2D eigenvalue weighted by Gasteiger charge is -2.34. The zero-order chi connectivity index (χ0) is 23.3. The third-order valence-corrected chi connectivity index (χ3v) is 5.65. The minimum Gasteiger partial charge on any atom is -0.493 e. The van der Waals surface area contributed by atoms with Crippen LogP contribution in [0, 0.1) is 0 Å². The second kappa shape index (κ2) is 10.3. The summed E-state index contributed by atoms with van der Waals surface area (Å²) in [5.41, 5.74) is 2.19. The smallest absolute Gasteiger partial charge is 0.453 e. The number of alkyl halides is 3. The van der Waals surface area contributed by atoms with E-state index in [1.165, 1.54) is 11.6 Å². The molecule has 1 aromatic heterocycles. The fourth-order valence-corrected chi connectivity index (χ4v) is 4.09. The number of rotatable bonds is 8. The van der Waals surface area contributed by atoms with Crippen molar-refractivity contribution in [1.82, 2.24) is 30.8 Å². The van der Waals surface area contributed by atoms with Crippen molar-refractivity contribution in [2.75, 3.05) is 13.2 Å². The Morgan fingerprint density at radius 3 is 2.76 bits per heavy atom. The highest BCUT2D eigenvalue weighted by molar-refractivity contribution is 5.44. The maximum Gasteiger partial charge on any atom is 0.453 e. The number of nitrogens with one attached hydrogen (secondary N) is 2. The van der Waals surface area contributed by atoms with E-state index in [-0.39, 0.29) is 17.8 Å². The predicted molar refractivity (Wildman–Crippen MR) is 117 cm³/mol. The first-order valence-corrected chi connectivity index (χ1v) is 11.1. The Balaban J connectivity index is 1.59. The van der Waals surface area contributed by atoms with E-state index in [0.29, 0.717) is 23.6 Å². The molecule has 33 heavy (non-hydrogen) atoms. The number of benzene rings is 2. The Morgan fingerprint density at radius 2 is 2.00 bits per heavy atom. The van der Waals surface area contributed by atoms with Crippen LogP contribution in [0.2, 0.25) is 0 Å². The van der Waals surface area contributed by atoms with Gasteiger partial charge in [0.05, 0.1) is 12.3 Å². The van der Waals surface area contributed by atoms with Gasteiger partial charge in [0.2, 0.25) is 0 Å². The number of piperidine rings is 1. The van der Waals surface area contributed by atoms with Crippen molar-refractivity contribution < 1.29 is 17.9 Å². The number of hydrogen-bond acceptors (Lipinski definition) is 6. The summed E-state index contributed by atoms with van der Waals surface area (Å²) in [6, 6.07) is 15.4. The van der Waals surface area contributed by atoms with Crippen molar-refractivity contribution in [1.29, 1.82) is 0 Å². The van der Waals surface area contributed by atoms with Crippen LogP contribution in [0.5, 0.6) is 5.75 Å². The molecule has 4 rings (SSSR count). The van der Waals surface area contributed by atoms with Gasteiger partial charge >= 0.3 is 6.18 Å². The second-order valence-electron chi connectivity index (χ2n) is 8.02. The van der Waals surface area contributed by atoms with Crippen LogP contribution in [0.4, 0.5) is 13.2 Å². The molecule has 0 spiro atoms. The first-order chi connectivity index (χ1) is 16.0. The third kappa shape index (κ3) is 5.51. The largest absolute Gasteiger partial charge is 0.493 e. The van der Waals surface area contributed by atoms with E-state index in [4.69, 9.17) is 4.74 Å². The zero-order valence-corrected chi connectivity index (χ0v) is 18.3. The third-order valence-electron chi connectivity index (χ3n) is 5.65. The molecule has 0 amide bonds. The maximum absolute atomic E-state index is 13.3. The molecule has 1 aliphatic rings. The molecule has 0 radical (unpaired) electrons. The number of aromatic nitrogens is 4. The van der Waals surface area contributed by atoms with E-state index in [2.05, 4.69) is 38.3 Å². The van der Waals surface area contributed by atoms with E-state index >= 15 is 0 Å². The zero-order valence-electron chi connectivity index (χ0n) is 18.3. The van der Waals surface area contributed by atoms with E-state index in [1.54, 1.807) is 12.1 Å².